The molecule has 3 aromatic carbocycles. The second-order valence-corrected chi connectivity index (χ2v) is 8.32. The number of benzene rings is 3. The first-order valence-electron chi connectivity index (χ1n) is 10.8. The van der Waals surface area contributed by atoms with Crippen LogP contribution < -0.4 is 10.1 Å². The SMILES string of the molecule is C=CCn1c(Cc2cccc3ccccc23)nnc1SCC(=O)Nc1ccccc1OCC. The van der Waals surface area contributed by atoms with Crippen molar-refractivity contribution in [2.75, 3.05) is 17.7 Å². The molecule has 1 N–H and O–H groups in total. The molecular weight excluding hydrogens is 432 g/mol. The fraction of sp³-hybridized carbons (Fsp3) is 0.192. The van der Waals surface area contributed by atoms with Crippen LogP contribution >= 0.6 is 11.8 Å². The van der Waals surface area contributed by atoms with Crippen molar-refractivity contribution >= 4 is 34.1 Å². The lowest BCUT2D eigenvalue weighted by Crippen LogP contribution is -2.15. The lowest BCUT2D eigenvalue weighted by atomic mass is 10.0. The molecule has 0 aliphatic rings. The molecule has 0 aliphatic carbocycles. The van der Waals surface area contributed by atoms with E-state index >= 15 is 0 Å². The van der Waals surface area contributed by atoms with Crippen LogP contribution in [-0.2, 0) is 17.8 Å². The number of carbonyl (C=O) groups excluding carboxylic acids is 1. The highest BCUT2D eigenvalue weighted by Crippen LogP contribution is 2.26. The van der Waals surface area contributed by atoms with Crippen LogP contribution in [0.3, 0.4) is 0 Å². The first-order valence-corrected chi connectivity index (χ1v) is 11.8. The van der Waals surface area contributed by atoms with E-state index in [9.17, 15) is 4.79 Å². The number of nitrogens with one attached hydrogen (secondary N) is 1. The number of rotatable bonds is 10. The summed E-state index contributed by atoms with van der Waals surface area (Å²) < 4.78 is 7.60. The van der Waals surface area contributed by atoms with Crippen molar-refractivity contribution in [3.05, 3.63) is 90.8 Å². The summed E-state index contributed by atoms with van der Waals surface area (Å²) >= 11 is 1.36. The van der Waals surface area contributed by atoms with Crippen molar-refractivity contribution in [3.8, 4) is 5.75 Å². The second-order valence-electron chi connectivity index (χ2n) is 7.38. The Morgan fingerprint density at radius 3 is 2.73 bits per heavy atom. The Morgan fingerprint density at radius 2 is 1.88 bits per heavy atom. The molecule has 0 spiro atoms. The molecule has 4 rings (SSSR count). The van der Waals surface area contributed by atoms with Crippen LogP contribution in [0.4, 0.5) is 5.69 Å². The Hall–Kier alpha value is -3.58. The van der Waals surface area contributed by atoms with E-state index in [-0.39, 0.29) is 11.7 Å². The minimum absolute atomic E-state index is 0.129. The quantitative estimate of drug-likeness (QED) is 0.257. The number of hydrogen-bond donors (Lipinski definition) is 1. The molecule has 4 aromatic rings. The van der Waals surface area contributed by atoms with Crippen LogP contribution in [-0.4, -0.2) is 33.0 Å². The van der Waals surface area contributed by atoms with Gasteiger partial charge in [0.2, 0.25) is 5.91 Å². The topological polar surface area (TPSA) is 69.0 Å². The van der Waals surface area contributed by atoms with Gasteiger partial charge in [-0.15, -0.1) is 16.8 Å². The predicted octanol–water partition coefficient (Wildman–Crippen LogP) is 5.34. The molecule has 1 aromatic heterocycles. The summed E-state index contributed by atoms with van der Waals surface area (Å²) in [6, 6.07) is 22.0. The van der Waals surface area contributed by atoms with Gasteiger partial charge in [0.05, 0.1) is 18.0 Å². The second kappa shape index (κ2) is 10.8. The molecule has 6 nitrogen and oxygen atoms in total. The highest BCUT2D eigenvalue weighted by Gasteiger charge is 2.15. The highest BCUT2D eigenvalue weighted by molar-refractivity contribution is 7.99. The standard InChI is InChI=1S/C26H26N4O2S/c1-3-16-30-24(17-20-12-9-11-19-10-5-6-13-21(19)20)28-29-26(30)33-18-25(31)27-22-14-7-8-15-23(22)32-4-2/h3,5-15H,1,4,16-18H2,2H3,(H,27,31). The Labute approximate surface area is 197 Å². The van der Waals surface area contributed by atoms with Gasteiger partial charge in [-0.3, -0.25) is 4.79 Å². The number of nitrogens with zero attached hydrogens (tertiary/aromatic N) is 3. The number of allylic oxidation sites excluding steroid dienone is 1. The number of hydrogen-bond acceptors (Lipinski definition) is 5. The molecule has 7 heteroatoms. The van der Waals surface area contributed by atoms with E-state index < -0.39 is 0 Å². The molecular formula is C26H26N4O2S. The van der Waals surface area contributed by atoms with Gasteiger partial charge in [-0.2, -0.15) is 0 Å². The molecule has 0 saturated carbocycles. The van der Waals surface area contributed by atoms with Crippen LogP contribution in [0, 0.1) is 0 Å². The Kier molecular flexibility index (Phi) is 7.42. The van der Waals surface area contributed by atoms with Crippen molar-refractivity contribution in [1.29, 1.82) is 0 Å². The summed E-state index contributed by atoms with van der Waals surface area (Å²) in [5, 5.41) is 14.8. The first-order chi connectivity index (χ1) is 16.2. The smallest absolute Gasteiger partial charge is 0.234 e. The number of carbonyl (C=O) groups is 1. The van der Waals surface area contributed by atoms with Gasteiger partial charge in [-0.05, 0) is 35.4 Å². The van der Waals surface area contributed by atoms with Crippen molar-refractivity contribution < 1.29 is 9.53 Å². The van der Waals surface area contributed by atoms with Crippen LogP contribution in [0.15, 0.2) is 84.5 Å². The Bertz CT molecular complexity index is 1260. The van der Waals surface area contributed by atoms with E-state index in [2.05, 4.69) is 52.4 Å². The predicted molar refractivity (Wildman–Crippen MR) is 134 cm³/mol. The molecule has 168 valence electrons. The minimum Gasteiger partial charge on any atom is -0.492 e. The number of thioether (sulfide) groups is 1. The third-order valence-corrected chi connectivity index (χ3v) is 6.09. The number of ether oxygens (including phenoxy) is 1. The maximum atomic E-state index is 12.6. The summed E-state index contributed by atoms with van der Waals surface area (Å²) in [6.45, 7) is 6.89. The molecule has 0 radical (unpaired) electrons. The van der Waals surface area contributed by atoms with Crippen LogP contribution in [0.5, 0.6) is 5.75 Å². The van der Waals surface area contributed by atoms with Gasteiger partial charge in [0, 0.05) is 13.0 Å². The largest absolute Gasteiger partial charge is 0.492 e. The van der Waals surface area contributed by atoms with E-state index in [1.165, 1.54) is 28.1 Å². The number of amides is 1. The fourth-order valence-electron chi connectivity index (χ4n) is 3.65. The highest BCUT2D eigenvalue weighted by atomic mass is 32.2. The zero-order valence-electron chi connectivity index (χ0n) is 18.5. The van der Waals surface area contributed by atoms with Gasteiger partial charge in [-0.1, -0.05) is 72.4 Å². The molecule has 0 fully saturated rings. The third kappa shape index (κ3) is 5.43. The fourth-order valence-corrected chi connectivity index (χ4v) is 4.42. The lowest BCUT2D eigenvalue weighted by Gasteiger charge is -2.11. The van der Waals surface area contributed by atoms with Crippen LogP contribution in [0.1, 0.15) is 18.3 Å². The summed E-state index contributed by atoms with van der Waals surface area (Å²) in [4.78, 5) is 12.6. The average Bonchev–Trinajstić information content (AvgIpc) is 3.21. The summed E-state index contributed by atoms with van der Waals surface area (Å²) in [7, 11) is 0. The summed E-state index contributed by atoms with van der Waals surface area (Å²) in [5.74, 6) is 1.58. The zero-order chi connectivity index (χ0) is 23.0. The van der Waals surface area contributed by atoms with Gasteiger partial charge in [0.1, 0.15) is 11.6 Å². The first kappa shape index (κ1) is 22.6. The maximum Gasteiger partial charge on any atom is 0.234 e. The lowest BCUT2D eigenvalue weighted by molar-refractivity contribution is -0.113. The average molecular weight is 459 g/mol. The van der Waals surface area contributed by atoms with Gasteiger partial charge >= 0.3 is 0 Å². The summed E-state index contributed by atoms with van der Waals surface area (Å²) in [6.07, 6.45) is 2.47. The van der Waals surface area contributed by atoms with Crippen LogP contribution in [0.2, 0.25) is 0 Å². The van der Waals surface area contributed by atoms with Gasteiger partial charge in [0.15, 0.2) is 5.16 Å². The maximum absolute atomic E-state index is 12.6. The molecule has 0 bridgehead atoms. The van der Waals surface area contributed by atoms with Crippen molar-refractivity contribution in [1.82, 2.24) is 14.8 Å². The summed E-state index contributed by atoms with van der Waals surface area (Å²) in [5.41, 5.74) is 1.85. The van der Waals surface area contributed by atoms with Crippen molar-refractivity contribution in [2.24, 2.45) is 0 Å². The van der Waals surface area contributed by atoms with Gasteiger partial charge in [-0.25, -0.2) is 0 Å². The molecule has 1 heterocycles. The van der Waals surface area contributed by atoms with E-state index in [0.29, 0.717) is 36.2 Å². The van der Waals surface area contributed by atoms with E-state index in [0.717, 1.165) is 5.82 Å². The van der Waals surface area contributed by atoms with E-state index in [4.69, 9.17) is 4.74 Å². The molecule has 0 saturated heterocycles. The molecule has 1 amide bonds. The van der Waals surface area contributed by atoms with Gasteiger partial charge < -0.3 is 14.6 Å². The van der Waals surface area contributed by atoms with Crippen molar-refractivity contribution in [3.63, 3.8) is 0 Å². The molecule has 0 aliphatic heterocycles. The Balaban J connectivity index is 1.48. The monoisotopic (exact) mass is 458 g/mol. The number of aromatic nitrogens is 3. The molecule has 33 heavy (non-hydrogen) atoms. The number of para-hydroxylation sites is 2. The zero-order valence-corrected chi connectivity index (χ0v) is 19.3. The van der Waals surface area contributed by atoms with E-state index in [1.807, 2.05) is 54.0 Å². The van der Waals surface area contributed by atoms with Crippen molar-refractivity contribution in [2.45, 2.75) is 25.0 Å². The van der Waals surface area contributed by atoms with E-state index in [1.54, 1.807) is 0 Å². The number of fused-ring (bicyclic) bond motifs is 1. The molecule has 0 unspecified atom stereocenters. The third-order valence-electron chi connectivity index (χ3n) is 5.13. The number of anilines is 1. The van der Waals surface area contributed by atoms with Crippen LogP contribution in [0.25, 0.3) is 10.8 Å². The molecule has 0 atom stereocenters. The normalized spacial score (nSPS) is 10.8. The minimum atomic E-state index is -0.129. The Morgan fingerprint density at radius 1 is 1.09 bits per heavy atom. The van der Waals surface area contributed by atoms with Gasteiger partial charge in [0.25, 0.3) is 0 Å².